The average Bonchev–Trinajstić information content (AvgIpc) is 3.18. The third-order valence-corrected chi connectivity index (χ3v) is 3.22. The first-order chi connectivity index (χ1) is 9.31. The minimum Gasteiger partial charge on any atom is -0.357 e. The third-order valence-electron chi connectivity index (χ3n) is 3.22. The summed E-state index contributed by atoms with van der Waals surface area (Å²) in [5.41, 5.74) is 6.54. The van der Waals surface area contributed by atoms with Crippen molar-refractivity contribution in [2.45, 2.75) is 51.4 Å². The number of nitrogens with zero attached hydrogens (tertiary/aromatic N) is 3. The molecule has 0 unspecified atom stereocenters. The van der Waals surface area contributed by atoms with E-state index in [9.17, 15) is 13.2 Å². The van der Waals surface area contributed by atoms with Gasteiger partial charge in [0.1, 0.15) is 12.4 Å². The first-order valence-corrected chi connectivity index (χ1v) is 6.71. The Morgan fingerprint density at radius 1 is 1.40 bits per heavy atom. The Morgan fingerprint density at radius 2 is 2.05 bits per heavy atom. The van der Waals surface area contributed by atoms with E-state index in [-0.39, 0.29) is 18.5 Å². The molecule has 0 aliphatic heterocycles. The Morgan fingerprint density at radius 3 is 2.50 bits per heavy atom. The topological polar surface area (TPSA) is 55.0 Å². The Labute approximate surface area is 116 Å². The fourth-order valence-electron chi connectivity index (χ4n) is 2.08. The van der Waals surface area contributed by atoms with Crippen molar-refractivity contribution in [1.82, 2.24) is 9.97 Å². The molecule has 1 aromatic heterocycles. The monoisotopic (exact) mass is 288 g/mol. The van der Waals surface area contributed by atoms with Gasteiger partial charge in [0, 0.05) is 18.5 Å². The predicted molar refractivity (Wildman–Crippen MR) is 70.4 cm³/mol. The maximum absolute atomic E-state index is 12.7. The fraction of sp³-hybridized carbons (Fsp3) is 0.692. The van der Waals surface area contributed by atoms with Crippen molar-refractivity contribution in [3.05, 3.63) is 17.7 Å². The van der Waals surface area contributed by atoms with Crippen LogP contribution in [0.1, 0.15) is 44.1 Å². The first-order valence-electron chi connectivity index (χ1n) is 6.71. The number of aromatic nitrogens is 2. The first kappa shape index (κ1) is 15.0. The Bertz CT molecular complexity index is 469. The number of halogens is 3. The maximum atomic E-state index is 12.7. The van der Waals surface area contributed by atoms with Crippen LogP contribution in [0.4, 0.5) is 18.9 Å². The van der Waals surface area contributed by atoms with E-state index in [4.69, 9.17) is 5.73 Å². The molecule has 1 aliphatic rings. The molecular weight excluding hydrogens is 269 g/mol. The van der Waals surface area contributed by atoms with Crippen LogP contribution in [0.25, 0.3) is 0 Å². The van der Waals surface area contributed by atoms with E-state index in [2.05, 4.69) is 9.97 Å². The van der Waals surface area contributed by atoms with Crippen molar-refractivity contribution in [1.29, 1.82) is 0 Å². The second-order valence-electron chi connectivity index (χ2n) is 5.39. The highest BCUT2D eigenvalue weighted by Gasteiger charge is 2.39. The molecule has 1 aromatic rings. The number of anilines is 1. The number of hydrogen-bond donors (Lipinski definition) is 1. The molecule has 0 saturated heterocycles. The SMILES string of the molecule is CC(C)c1ncc(N(CC(F)(F)F)C2CC2)c(CN)n1. The standard InChI is InChI=1S/C13H19F3N4/c1-8(2)12-18-6-11(10(5-17)19-12)20(9-3-4-9)7-13(14,15)16/h6,8-9H,3-5,7,17H2,1-2H3. The number of alkyl halides is 3. The van der Waals surface area contributed by atoms with Crippen molar-refractivity contribution >= 4 is 5.69 Å². The highest BCUT2D eigenvalue weighted by Crippen LogP contribution is 2.35. The molecule has 112 valence electrons. The fourth-order valence-corrected chi connectivity index (χ4v) is 2.08. The van der Waals surface area contributed by atoms with E-state index >= 15 is 0 Å². The molecule has 2 rings (SSSR count). The van der Waals surface area contributed by atoms with Gasteiger partial charge >= 0.3 is 6.18 Å². The minimum atomic E-state index is -4.24. The molecule has 0 bridgehead atoms. The van der Waals surface area contributed by atoms with Crippen LogP contribution >= 0.6 is 0 Å². The Kier molecular flexibility index (Phi) is 4.17. The second-order valence-corrected chi connectivity index (χ2v) is 5.39. The van der Waals surface area contributed by atoms with Gasteiger partial charge in [-0.25, -0.2) is 9.97 Å². The summed E-state index contributed by atoms with van der Waals surface area (Å²) in [6, 6.07) is -0.0737. The van der Waals surface area contributed by atoms with Gasteiger partial charge in [-0.05, 0) is 12.8 Å². The summed E-state index contributed by atoms with van der Waals surface area (Å²) in [5, 5.41) is 0. The quantitative estimate of drug-likeness (QED) is 0.905. The van der Waals surface area contributed by atoms with E-state index < -0.39 is 12.7 Å². The third kappa shape index (κ3) is 3.59. The molecule has 4 nitrogen and oxygen atoms in total. The molecule has 1 fully saturated rings. The van der Waals surface area contributed by atoms with Crippen molar-refractivity contribution < 1.29 is 13.2 Å². The molecule has 1 heterocycles. The lowest BCUT2D eigenvalue weighted by Gasteiger charge is -2.27. The molecule has 7 heteroatoms. The zero-order chi connectivity index (χ0) is 14.9. The molecule has 0 atom stereocenters. The normalized spacial score (nSPS) is 15.8. The summed E-state index contributed by atoms with van der Waals surface area (Å²) < 4.78 is 38.1. The molecule has 0 amide bonds. The van der Waals surface area contributed by atoms with Crippen molar-refractivity contribution in [2.75, 3.05) is 11.4 Å². The minimum absolute atomic E-state index is 0.0737. The molecule has 0 spiro atoms. The lowest BCUT2D eigenvalue weighted by Crippen LogP contribution is -2.37. The van der Waals surface area contributed by atoms with Crippen LogP contribution in [0.5, 0.6) is 0 Å². The van der Waals surface area contributed by atoms with Crippen LogP contribution in [-0.4, -0.2) is 28.7 Å². The Hall–Kier alpha value is -1.37. The van der Waals surface area contributed by atoms with E-state index in [1.165, 1.54) is 11.1 Å². The molecule has 1 saturated carbocycles. The van der Waals surface area contributed by atoms with Crippen molar-refractivity contribution in [2.24, 2.45) is 5.73 Å². The van der Waals surface area contributed by atoms with Gasteiger partial charge in [-0.2, -0.15) is 13.2 Å². The second kappa shape index (κ2) is 5.55. The van der Waals surface area contributed by atoms with Crippen LogP contribution in [0.15, 0.2) is 6.20 Å². The smallest absolute Gasteiger partial charge is 0.357 e. The van der Waals surface area contributed by atoms with Crippen LogP contribution in [-0.2, 0) is 6.54 Å². The van der Waals surface area contributed by atoms with E-state index in [0.29, 0.717) is 17.2 Å². The van der Waals surface area contributed by atoms with Crippen LogP contribution in [0.2, 0.25) is 0 Å². The van der Waals surface area contributed by atoms with Crippen LogP contribution < -0.4 is 10.6 Å². The van der Waals surface area contributed by atoms with Crippen molar-refractivity contribution in [3.63, 3.8) is 0 Å². The van der Waals surface area contributed by atoms with Gasteiger partial charge in [-0.15, -0.1) is 0 Å². The summed E-state index contributed by atoms with van der Waals surface area (Å²) in [4.78, 5) is 9.82. The Balaban J connectivity index is 2.32. The summed E-state index contributed by atoms with van der Waals surface area (Å²) >= 11 is 0. The van der Waals surface area contributed by atoms with Crippen molar-refractivity contribution in [3.8, 4) is 0 Å². The van der Waals surface area contributed by atoms with Gasteiger partial charge in [0.05, 0.1) is 17.6 Å². The molecule has 2 N–H and O–H groups in total. The largest absolute Gasteiger partial charge is 0.405 e. The number of hydrogen-bond acceptors (Lipinski definition) is 4. The molecule has 0 radical (unpaired) electrons. The summed E-state index contributed by atoms with van der Waals surface area (Å²) in [6.45, 7) is 3.00. The zero-order valence-electron chi connectivity index (χ0n) is 11.6. The molecule has 1 aliphatic carbocycles. The summed E-state index contributed by atoms with van der Waals surface area (Å²) in [7, 11) is 0. The highest BCUT2D eigenvalue weighted by atomic mass is 19.4. The van der Waals surface area contributed by atoms with Crippen LogP contribution in [0.3, 0.4) is 0 Å². The summed E-state index contributed by atoms with van der Waals surface area (Å²) in [6.07, 6.45) is -1.22. The molecular formula is C13H19F3N4. The highest BCUT2D eigenvalue weighted by molar-refractivity contribution is 5.51. The maximum Gasteiger partial charge on any atom is 0.405 e. The van der Waals surface area contributed by atoms with Gasteiger partial charge in [0.25, 0.3) is 0 Å². The molecule has 20 heavy (non-hydrogen) atoms. The van der Waals surface area contributed by atoms with Gasteiger partial charge in [-0.1, -0.05) is 13.8 Å². The zero-order valence-corrected chi connectivity index (χ0v) is 11.6. The van der Waals surface area contributed by atoms with E-state index in [1.807, 2.05) is 13.8 Å². The van der Waals surface area contributed by atoms with Gasteiger partial charge < -0.3 is 10.6 Å². The average molecular weight is 288 g/mol. The lowest BCUT2D eigenvalue weighted by molar-refractivity contribution is -0.120. The lowest BCUT2D eigenvalue weighted by atomic mass is 10.2. The van der Waals surface area contributed by atoms with Crippen LogP contribution in [0, 0.1) is 0 Å². The number of rotatable bonds is 5. The van der Waals surface area contributed by atoms with E-state index in [1.54, 1.807) is 0 Å². The van der Waals surface area contributed by atoms with Gasteiger partial charge in [0.15, 0.2) is 0 Å². The predicted octanol–water partition coefficient (Wildman–Crippen LogP) is 2.59. The van der Waals surface area contributed by atoms with E-state index in [0.717, 1.165) is 12.8 Å². The molecule has 0 aromatic carbocycles. The summed E-state index contributed by atoms with van der Waals surface area (Å²) in [5.74, 6) is 0.725. The number of nitrogens with two attached hydrogens (primary N) is 1. The van der Waals surface area contributed by atoms with Gasteiger partial charge in [0.2, 0.25) is 0 Å². The van der Waals surface area contributed by atoms with Gasteiger partial charge in [-0.3, -0.25) is 0 Å².